The summed E-state index contributed by atoms with van der Waals surface area (Å²) in [6.45, 7) is 2.18. The van der Waals surface area contributed by atoms with Gasteiger partial charge in [-0.25, -0.2) is 0 Å². The summed E-state index contributed by atoms with van der Waals surface area (Å²) in [4.78, 5) is 11.2. The van der Waals surface area contributed by atoms with E-state index in [-0.39, 0.29) is 11.3 Å². The van der Waals surface area contributed by atoms with Gasteiger partial charge in [-0.3, -0.25) is 4.79 Å². The van der Waals surface area contributed by atoms with Crippen molar-refractivity contribution < 1.29 is 4.79 Å². The van der Waals surface area contributed by atoms with Crippen molar-refractivity contribution in [1.82, 2.24) is 0 Å². The van der Waals surface area contributed by atoms with Gasteiger partial charge in [0.1, 0.15) is 0 Å². The minimum Gasteiger partial charge on any atom is -0.369 e. The Kier molecular flexibility index (Phi) is 1.16. The van der Waals surface area contributed by atoms with E-state index < -0.39 is 0 Å². The standard InChI is InChI=1S/C9H15NO/c1-2-8(3-4-8)9(5-6-9)7(10)11/h2-6H2,1H3,(H2,10,11). The third-order valence-corrected chi connectivity index (χ3v) is 3.77. The third-order valence-electron chi connectivity index (χ3n) is 3.77. The number of carbonyl (C=O) groups is 1. The van der Waals surface area contributed by atoms with Gasteiger partial charge in [-0.15, -0.1) is 0 Å². The lowest BCUT2D eigenvalue weighted by Gasteiger charge is -2.21. The van der Waals surface area contributed by atoms with Gasteiger partial charge >= 0.3 is 0 Å². The van der Waals surface area contributed by atoms with Crippen LogP contribution in [0.5, 0.6) is 0 Å². The van der Waals surface area contributed by atoms with Crippen LogP contribution in [-0.4, -0.2) is 5.91 Å². The van der Waals surface area contributed by atoms with Crippen molar-refractivity contribution in [3.8, 4) is 0 Å². The fraction of sp³-hybridized carbons (Fsp3) is 0.889. The Hall–Kier alpha value is -0.530. The highest BCUT2D eigenvalue weighted by atomic mass is 16.1. The molecule has 0 aliphatic heterocycles. The maximum atomic E-state index is 11.2. The number of carbonyl (C=O) groups excluding carboxylic acids is 1. The van der Waals surface area contributed by atoms with Crippen LogP contribution in [0, 0.1) is 10.8 Å². The second kappa shape index (κ2) is 1.79. The number of primary amides is 1. The van der Waals surface area contributed by atoms with Gasteiger partial charge in [-0.05, 0) is 37.5 Å². The highest BCUT2D eigenvalue weighted by molar-refractivity contribution is 5.85. The van der Waals surface area contributed by atoms with E-state index in [0.29, 0.717) is 5.41 Å². The summed E-state index contributed by atoms with van der Waals surface area (Å²) >= 11 is 0. The number of hydrogen-bond donors (Lipinski definition) is 1. The van der Waals surface area contributed by atoms with E-state index in [1.54, 1.807) is 0 Å². The van der Waals surface area contributed by atoms with Gasteiger partial charge in [0.2, 0.25) is 5.91 Å². The lowest BCUT2D eigenvalue weighted by molar-refractivity contribution is -0.125. The Bertz CT molecular complexity index is 202. The fourth-order valence-electron chi connectivity index (χ4n) is 2.48. The second-order valence-electron chi connectivity index (χ2n) is 4.08. The normalized spacial score (nSPS) is 29.5. The van der Waals surface area contributed by atoms with Crippen LogP contribution in [0.4, 0.5) is 0 Å². The molecule has 2 nitrogen and oxygen atoms in total. The van der Waals surface area contributed by atoms with Gasteiger partial charge in [0.05, 0.1) is 5.41 Å². The molecule has 2 heteroatoms. The van der Waals surface area contributed by atoms with Crippen molar-refractivity contribution in [2.24, 2.45) is 16.6 Å². The average Bonchev–Trinajstić information content (AvgIpc) is 2.84. The molecule has 0 bridgehead atoms. The smallest absolute Gasteiger partial charge is 0.224 e. The molecular formula is C9H15NO. The van der Waals surface area contributed by atoms with Crippen LogP contribution in [-0.2, 0) is 4.79 Å². The fourth-order valence-corrected chi connectivity index (χ4v) is 2.48. The summed E-state index contributed by atoms with van der Waals surface area (Å²) in [6.07, 6.45) is 5.70. The van der Waals surface area contributed by atoms with Crippen LogP contribution in [0.3, 0.4) is 0 Å². The minimum absolute atomic E-state index is 0.0446. The van der Waals surface area contributed by atoms with Crippen LogP contribution in [0.15, 0.2) is 0 Å². The van der Waals surface area contributed by atoms with E-state index >= 15 is 0 Å². The molecule has 0 atom stereocenters. The Labute approximate surface area is 67.1 Å². The molecule has 0 aromatic carbocycles. The molecule has 62 valence electrons. The quantitative estimate of drug-likeness (QED) is 0.655. The summed E-state index contributed by atoms with van der Waals surface area (Å²) in [6, 6.07) is 0. The summed E-state index contributed by atoms with van der Waals surface area (Å²) in [5.74, 6) is -0.0446. The van der Waals surface area contributed by atoms with Gasteiger partial charge in [-0.1, -0.05) is 6.92 Å². The minimum atomic E-state index is -0.0538. The zero-order valence-electron chi connectivity index (χ0n) is 7.02. The Morgan fingerprint density at radius 2 is 1.91 bits per heavy atom. The molecule has 2 aliphatic rings. The summed E-state index contributed by atoms with van der Waals surface area (Å²) in [7, 11) is 0. The van der Waals surface area contributed by atoms with Gasteiger partial charge in [0.25, 0.3) is 0 Å². The number of rotatable bonds is 3. The molecular weight excluding hydrogens is 138 g/mol. The van der Waals surface area contributed by atoms with Crippen molar-refractivity contribution in [2.75, 3.05) is 0 Å². The molecule has 0 aromatic rings. The average molecular weight is 153 g/mol. The molecule has 0 unspecified atom stereocenters. The number of amides is 1. The van der Waals surface area contributed by atoms with Crippen molar-refractivity contribution >= 4 is 5.91 Å². The molecule has 2 aliphatic carbocycles. The van der Waals surface area contributed by atoms with E-state index in [4.69, 9.17) is 5.73 Å². The van der Waals surface area contributed by atoms with E-state index in [1.165, 1.54) is 12.8 Å². The Morgan fingerprint density at radius 3 is 2.00 bits per heavy atom. The molecule has 0 radical (unpaired) electrons. The van der Waals surface area contributed by atoms with E-state index in [2.05, 4.69) is 6.92 Å². The van der Waals surface area contributed by atoms with Crippen molar-refractivity contribution in [3.63, 3.8) is 0 Å². The highest BCUT2D eigenvalue weighted by Gasteiger charge is 2.67. The second-order valence-corrected chi connectivity index (χ2v) is 4.08. The molecule has 2 fully saturated rings. The SMILES string of the molecule is CCC1(C2(C(N)=O)CC2)CC1. The zero-order chi connectivity index (χ0) is 8.11. The summed E-state index contributed by atoms with van der Waals surface area (Å²) in [5, 5.41) is 0. The maximum absolute atomic E-state index is 11.2. The highest BCUT2D eigenvalue weighted by Crippen LogP contribution is 2.71. The van der Waals surface area contributed by atoms with E-state index in [1.807, 2.05) is 0 Å². The van der Waals surface area contributed by atoms with Crippen LogP contribution < -0.4 is 5.73 Å². The van der Waals surface area contributed by atoms with Crippen LogP contribution in [0.25, 0.3) is 0 Å². The first-order valence-electron chi connectivity index (χ1n) is 4.47. The molecule has 2 N–H and O–H groups in total. The van der Waals surface area contributed by atoms with Gasteiger partial charge < -0.3 is 5.73 Å². The molecule has 11 heavy (non-hydrogen) atoms. The third kappa shape index (κ3) is 0.700. The van der Waals surface area contributed by atoms with Gasteiger partial charge in [0, 0.05) is 0 Å². The lowest BCUT2D eigenvalue weighted by atomic mass is 9.83. The Morgan fingerprint density at radius 1 is 1.36 bits per heavy atom. The predicted molar refractivity (Wildman–Crippen MR) is 42.8 cm³/mol. The van der Waals surface area contributed by atoms with Crippen molar-refractivity contribution in [1.29, 1.82) is 0 Å². The summed E-state index contributed by atoms with van der Waals surface area (Å²) in [5.41, 5.74) is 5.69. The summed E-state index contributed by atoms with van der Waals surface area (Å²) < 4.78 is 0. The maximum Gasteiger partial charge on any atom is 0.224 e. The molecule has 0 heterocycles. The first-order valence-corrected chi connectivity index (χ1v) is 4.47. The van der Waals surface area contributed by atoms with E-state index in [0.717, 1.165) is 19.3 Å². The van der Waals surface area contributed by atoms with Gasteiger partial charge in [-0.2, -0.15) is 0 Å². The molecule has 2 rings (SSSR count). The topological polar surface area (TPSA) is 43.1 Å². The lowest BCUT2D eigenvalue weighted by Crippen LogP contribution is -2.32. The zero-order valence-corrected chi connectivity index (χ0v) is 7.02. The predicted octanol–water partition coefficient (Wildman–Crippen LogP) is 1.44. The van der Waals surface area contributed by atoms with Crippen molar-refractivity contribution in [3.05, 3.63) is 0 Å². The number of nitrogens with two attached hydrogens (primary N) is 1. The molecule has 0 saturated heterocycles. The Balaban J connectivity index is 2.20. The molecule has 0 spiro atoms. The van der Waals surface area contributed by atoms with Crippen molar-refractivity contribution in [2.45, 2.75) is 39.0 Å². The van der Waals surface area contributed by atoms with E-state index in [9.17, 15) is 4.79 Å². The van der Waals surface area contributed by atoms with Crippen LogP contribution >= 0.6 is 0 Å². The first-order chi connectivity index (χ1) is 5.17. The first kappa shape index (κ1) is 7.14. The van der Waals surface area contributed by atoms with Crippen LogP contribution in [0.1, 0.15) is 39.0 Å². The molecule has 1 amide bonds. The largest absolute Gasteiger partial charge is 0.369 e. The molecule has 2 saturated carbocycles. The monoisotopic (exact) mass is 153 g/mol. The van der Waals surface area contributed by atoms with Crippen LogP contribution in [0.2, 0.25) is 0 Å². The van der Waals surface area contributed by atoms with Gasteiger partial charge in [0.15, 0.2) is 0 Å². The number of hydrogen-bond acceptors (Lipinski definition) is 1. The molecule has 0 aromatic heterocycles.